The van der Waals surface area contributed by atoms with Crippen molar-refractivity contribution >= 4 is 17.5 Å². The molecule has 1 amide bonds. The number of carbonyl (C=O) groups is 1. The molecule has 1 fully saturated rings. The number of likely N-dealkylation sites (tertiary alicyclic amines) is 1. The molecule has 26 heavy (non-hydrogen) atoms. The lowest BCUT2D eigenvalue weighted by molar-refractivity contribution is -0.121. The topological polar surface area (TPSA) is 50.2 Å². The summed E-state index contributed by atoms with van der Waals surface area (Å²) in [6, 6.07) is 7.61. The van der Waals surface area contributed by atoms with Gasteiger partial charge >= 0.3 is 0 Å². The molecule has 6 heteroatoms. The number of nitrogens with one attached hydrogen (secondary N) is 1. The van der Waals surface area contributed by atoms with Crippen LogP contribution in [0.2, 0.25) is 5.02 Å². The Kier molecular flexibility index (Phi) is 6.69. The summed E-state index contributed by atoms with van der Waals surface area (Å²) in [6.45, 7) is 3.63. The Morgan fingerprint density at radius 3 is 2.85 bits per heavy atom. The zero-order valence-corrected chi connectivity index (χ0v) is 16.1. The molecule has 1 aliphatic rings. The Labute approximate surface area is 160 Å². The highest BCUT2D eigenvalue weighted by atomic mass is 35.5. The fourth-order valence-corrected chi connectivity index (χ4v) is 3.67. The van der Waals surface area contributed by atoms with Gasteiger partial charge in [0.05, 0.1) is 6.54 Å². The molecule has 0 atom stereocenters. The zero-order valence-electron chi connectivity index (χ0n) is 15.3. The van der Waals surface area contributed by atoms with Crippen molar-refractivity contribution in [1.82, 2.24) is 19.8 Å². The second-order valence-electron chi connectivity index (χ2n) is 7.12. The monoisotopic (exact) mass is 374 g/mol. The number of amides is 1. The average Bonchev–Trinajstić information content (AvgIpc) is 3.04. The van der Waals surface area contributed by atoms with Gasteiger partial charge in [-0.1, -0.05) is 23.7 Å². The number of nitrogens with zero attached hydrogens (tertiary/aromatic N) is 3. The smallest absolute Gasteiger partial charge is 0.220 e. The highest BCUT2D eigenvalue weighted by Gasteiger charge is 2.20. The predicted molar refractivity (Wildman–Crippen MR) is 104 cm³/mol. The van der Waals surface area contributed by atoms with E-state index in [0.717, 1.165) is 50.3 Å². The van der Waals surface area contributed by atoms with Crippen molar-refractivity contribution in [1.29, 1.82) is 0 Å². The molecule has 0 bridgehead atoms. The normalized spacial score (nSPS) is 15.9. The number of imidazole rings is 1. The molecule has 0 spiro atoms. The van der Waals surface area contributed by atoms with E-state index in [9.17, 15) is 4.79 Å². The molecule has 0 radical (unpaired) electrons. The predicted octanol–water partition coefficient (Wildman–Crippen LogP) is 3.38. The van der Waals surface area contributed by atoms with Crippen LogP contribution in [-0.4, -0.2) is 33.4 Å². The number of hydrogen-bond donors (Lipinski definition) is 1. The Morgan fingerprint density at radius 1 is 1.35 bits per heavy atom. The van der Waals surface area contributed by atoms with E-state index < -0.39 is 0 Å². The van der Waals surface area contributed by atoms with Crippen LogP contribution in [0.15, 0.2) is 36.7 Å². The van der Waals surface area contributed by atoms with Gasteiger partial charge in [-0.25, -0.2) is 4.98 Å². The van der Waals surface area contributed by atoms with Crippen LogP contribution < -0.4 is 5.32 Å². The fraction of sp³-hybridized carbons (Fsp3) is 0.500. The van der Waals surface area contributed by atoms with E-state index >= 15 is 0 Å². The summed E-state index contributed by atoms with van der Waals surface area (Å²) in [4.78, 5) is 18.9. The quantitative estimate of drug-likeness (QED) is 0.808. The summed E-state index contributed by atoms with van der Waals surface area (Å²) in [5.41, 5.74) is 1.04. The summed E-state index contributed by atoms with van der Waals surface area (Å²) in [5.74, 6) is 1.88. The van der Waals surface area contributed by atoms with Gasteiger partial charge < -0.3 is 9.88 Å². The van der Waals surface area contributed by atoms with Crippen molar-refractivity contribution in [3.63, 3.8) is 0 Å². The molecule has 1 aromatic heterocycles. The van der Waals surface area contributed by atoms with Crippen molar-refractivity contribution in [2.24, 2.45) is 13.0 Å². The van der Waals surface area contributed by atoms with E-state index in [2.05, 4.69) is 19.8 Å². The van der Waals surface area contributed by atoms with Crippen molar-refractivity contribution in [3.8, 4) is 0 Å². The highest BCUT2D eigenvalue weighted by molar-refractivity contribution is 6.30. The third kappa shape index (κ3) is 5.58. The van der Waals surface area contributed by atoms with E-state index in [1.165, 1.54) is 0 Å². The van der Waals surface area contributed by atoms with E-state index in [1.807, 2.05) is 43.7 Å². The Morgan fingerprint density at radius 2 is 2.15 bits per heavy atom. The SMILES string of the molecule is Cn1ccnc1CN1CCC(CCC(=O)NCc2cccc(Cl)c2)CC1. The first kappa shape index (κ1) is 18.9. The van der Waals surface area contributed by atoms with Gasteiger partial charge in [0, 0.05) is 37.4 Å². The minimum atomic E-state index is 0.125. The summed E-state index contributed by atoms with van der Waals surface area (Å²) in [5, 5.41) is 3.69. The molecule has 1 aromatic carbocycles. The van der Waals surface area contributed by atoms with Gasteiger partial charge in [-0.3, -0.25) is 9.69 Å². The van der Waals surface area contributed by atoms with Crippen molar-refractivity contribution in [3.05, 3.63) is 53.1 Å². The number of halogens is 1. The molecule has 3 rings (SSSR count). The molecule has 1 N–H and O–H groups in total. The van der Waals surface area contributed by atoms with Gasteiger partial charge in [0.25, 0.3) is 0 Å². The van der Waals surface area contributed by atoms with Crippen LogP contribution in [0.25, 0.3) is 0 Å². The van der Waals surface area contributed by atoms with Crippen molar-refractivity contribution in [2.45, 2.75) is 38.8 Å². The molecule has 1 saturated heterocycles. The first-order chi connectivity index (χ1) is 12.6. The minimum Gasteiger partial charge on any atom is -0.352 e. The van der Waals surface area contributed by atoms with Crippen LogP contribution in [0.3, 0.4) is 0 Å². The molecule has 2 aromatic rings. The van der Waals surface area contributed by atoms with Crippen LogP contribution in [-0.2, 0) is 24.9 Å². The summed E-state index contributed by atoms with van der Waals surface area (Å²) in [6.07, 6.45) is 7.73. The number of carbonyl (C=O) groups excluding carboxylic acids is 1. The Bertz CT molecular complexity index is 722. The second kappa shape index (κ2) is 9.19. The molecular weight excluding hydrogens is 348 g/mol. The first-order valence-corrected chi connectivity index (χ1v) is 9.67. The van der Waals surface area contributed by atoms with Crippen LogP contribution in [0.4, 0.5) is 0 Å². The van der Waals surface area contributed by atoms with Gasteiger partial charge in [-0.2, -0.15) is 0 Å². The Hall–Kier alpha value is -1.85. The molecule has 0 saturated carbocycles. The molecule has 5 nitrogen and oxygen atoms in total. The summed E-state index contributed by atoms with van der Waals surface area (Å²) < 4.78 is 2.08. The van der Waals surface area contributed by atoms with Crippen LogP contribution >= 0.6 is 11.6 Å². The molecular formula is C20H27ClN4O. The number of hydrogen-bond acceptors (Lipinski definition) is 3. The largest absolute Gasteiger partial charge is 0.352 e. The third-order valence-corrected chi connectivity index (χ3v) is 5.39. The highest BCUT2D eigenvalue weighted by Crippen LogP contribution is 2.22. The third-order valence-electron chi connectivity index (χ3n) is 5.15. The van der Waals surface area contributed by atoms with Gasteiger partial charge in [0.2, 0.25) is 5.91 Å². The molecule has 140 valence electrons. The molecule has 1 aliphatic heterocycles. The lowest BCUT2D eigenvalue weighted by atomic mass is 9.92. The van der Waals surface area contributed by atoms with Gasteiger partial charge in [-0.15, -0.1) is 0 Å². The van der Waals surface area contributed by atoms with E-state index in [-0.39, 0.29) is 5.91 Å². The summed E-state index contributed by atoms with van der Waals surface area (Å²) in [7, 11) is 2.04. The second-order valence-corrected chi connectivity index (χ2v) is 7.56. The van der Waals surface area contributed by atoms with Crippen LogP contribution in [0.1, 0.15) is 37.1 Å². The molecule has 0 unspecified atom stereocenters. The van der Waals surface area contributed by atoms with E-state index in [4.69, 9.17) is 11.6 Å². The molecule has 2 heterocycles. The van der Waals surface area contributed by atoms with Crippen molar-refractivity contribution in [2.75, 3.05) is 13.1 Å². The van der Waals surface area contributed by atoms with Crippen LogP contribution in [0.5, 0.6) is 0 Å². The van der Waals surface area contributed by atoms with Gasteiger partial charge in [-0.05, 0) is 56.0 Å². The summed E-state index contributed by atoms with van der Waals surface area (Å²) >= 11 is 5.97. The van der Waals surface area contributed by atoms with Gasteiger partial charge in [0.1, 0.15) is 5.82 Å². The van der Waals surface area contributed by atoms with E-state index in [0.29, 0.717) is 23.9 Å². The maximum absolute atomic E-state index is 12.1. The van der Waals surface area contributed by atoms with Crippen LogP contribution in [0, 0.1) is 5.92 Å². The van der Waals surface area contributed by atoms with Crippen molar-refractivity contribution < 1.29 is 4.79 Å². The first-order valence-electron chi connectivity index (χ1n) is 9.30. The number of benzene rings is 1. The van der Waals surface area contributed by atoms with E-state index in [1.54, 1.807) is 0 Å². The molecule has 0 aliphatic carbocycles. The lowest BCUT2D eigenvalue weighted by Gasteiger charge is -2.31. The maximum atomic E-state index is 12.1. The van der Waals surface area contributed by atoms with Gasteiger partial charge in [0.15, 0.2) is 0 Å². The fourth-order valence-electron chi connectivity index (χ4n) is 3.45. The number of aromatic nitrogens is 2. The zero-order chi connectivity index (χ0) is 18.4. The standard InChI is InChI=1S/C20H27ClN4O/c1-24-12-9-22-19(24)15-25-10-7-16(8-11-25)5-6-20(26)23-14-17-3-2-4-18(21)13-17/h2-4,9,12-13,16H,5-8,10-11,14-15H2,1H3,(H,23,26). The number of piperidine rings is 1. The Balaban J connectivity index is 1.33. The number of rotatable bonds is 7. The minimum absolute atomic E-state index is 0.125. The number of aryl methyl sites for hydroxylation is 1. The maximum Gasteiger partial charge on any atom is 0.220 e. The lowest BCUT2D eigenvalue weighted by Crippen LogP contribution is -2.34. The average molecular weight is 375 g/mol.